The Bertz CT molecular complexity index is 355. The Balaban J connectivity index is 0.000000415. The summed E-state index contributed by atoms with van der Waals surface area (Å²) in [6, 6.07) is 6.89. The second kappa shape index (κ2) is 6.94. The number of ether oxygens (including phenoxy) is 1. The van der Waals surface area contributed by atoms with Crippen LogP contribution < -0.4 is 0 Å². The number of esters is 1. The predicted molar refractivity (Wildman–Crippen MR) is 66.8 cm³/mol. The molecule has 1 N–H and O–H groups in total. The van der Waals surface area contributed by atoms with Gasteiger partial charge in [-0.3, -0.25) is 4.79 Å². The third kappa shape index (κ3) is 5.95. The van der Waals surface area contributed by atoms with Crippen LogP contribution in [-0.4, -0.2) is 18.2 Å². The molecule has 3 nitrogen and oxygen atoms in total. The summed E-state index contributed by atoms with van der Waals surface area (Å²) >= 11 is 0. The van der Waals surface area contributed by atoms with Crippen LogP contribution in [0, 0.1) is 5.92 Å². The Morgan fingerprint density at radius 3 is 2.53 bits per heavy atom. The molecule has 0 saturated heterocycles. The summed E-state index contributed by atoms with van der Waals surface area (Å²) in [5, 5.41) is 9.21. The van der Waals surface area contributed by atoms with Crippen LogP contribution in [0.4, 0.5) is 0 Å². The van der Waals surface area contributed by atoms with E-state index in [2.05, 4.69) is 4.74 Å². The average Bonchev–Trinajstić information content (AvgIpc) is 3.15. The van der Waals surface area contributed by atoms with Gasteiger partial charge in [-0.2, -0.15) is 0 Å². The second-order valence-electron chi connectivity index (χ2n) is 4.36. The molecule has 0 aromatic heterocycles. The number of methoxy groups -OCH3 is 1. The summed E-state index contributed by atoms with van der Waals surface area (Å²) in [6.07, 6.45) is 5.08. The molecule has 1 unspecified atom stereocenters. The number of rotatable bonds is 3. The summed E-state index contributed by atoms with van der Waals surface area (Å²) < 4.78 is 4.61. The van der Waals surface area contributed by atoms with Crippen molar-refractivity contribution in [1.29, 1.82) is 0 Å². The van der Waals surface area contributed by atoms with Crippen LogP contribution in [0.15, 0.2) is 24.3 Å². The molecule has 0 heterocycles. The molecule has 0 aliphatic heterocycles. The van der Waals surface area contributed by atoms with Crippen molar-refractivity contribution >= 4 is 5.97 Å². The third-order valence-corrected chi connectivity index (χ3v) is 2.41. The SMILES string of the molecule is C1CC1.COC(=O)C(C)Cc1cccc(O)c1. The molecule has 1 aliphatic rings. The van der Waals surface area contributed by atoms with Gasteiger partial charge >= 0.3 is 5.97 Å². The van der Waals surface area contributed by atoms with Crippen molar-refractivity contribution in [3.8, 4) is 5.75 Å². The van der Waals surface area contributed by atoms with Gasteiger partial charge < -0.3 is 9.84 Å². The van der Waals surface area contributed by atoms with Crippen molar-refractivity contribution in [1.82, 2.24) is 0 Å². The van der Waals surface area contributed by atoms with Crippen molar-refractivity contribution in [3.63, 3.8) is 0 Å². The largest absolute Gasteiger partial charge is 0.508 e. The zero-order valence-corrected chi connectivity index (χ0v) is 10.5. The van der Waals surface area contributed by atoms with Crippen molar-refractivity contribution in [2.75, 3.05) is 7.11 Å². The summed E-state index contributed by atoms with van der Waals surface area (Å²) in [6.45, 7) is 1.80. The van der Waals surface area contributed by atoms with Gasteiger partial charge in [0.25, 0.3) is 0 Å². The van der Waals surface area contributed by atoms with E-state index in [0.717, 1.165) is 5.56 Å². The molecule has 17 heavy (non-hydrogen) atoms. The van der Waals surface area contributed by atoms with Gasteiger partial charge in [-0.1, -0.05) is 38.3 Å². The van der Waals surface area contributed by atoms with Crippen LogP contribution in [0.2, 0.25) is 0 Å². The first-order chi connectivity index (χ1) is 8.13. The second-order valence-corrected chi connectivity index (χ2v) is 4.36. The van der Waals surface area contributed by atoms with Crippen LogP contribution in [0.5, 0.6) is 5.75 Å². The molecule has 0 amide bonds. The molecule has 3 heteroatoms. The molecular formula is C14H20O3. The molecule has 0 spiro atoms. The monoisotopic (exact) mass is 236 g/mol. The first kappa shape index (κ1) is 13.6. The van der Waals surface area contributed by atoms with Crippen LogP contribution >= 0.6 is 0 Å². The highest BCUT2D eigenvalue weighted by Gasteiger charge is 2.13. The number of aromatic hydroxyl groups is 1. The molecule has 0 bridgehead atoms. The molecule has 1 fully saturated rings. The van der Waals surface area contributed by atoms with Gasteiger partial charge in [0, 0.05) is 0 Å². The Morgan fingerprint density at radius 1 is 1.41 bits per heavy atom. The number of hydrogen-bond donors (Lipinski definition) is 1. The van der Waals surface area contributed by atoms with Crippen LogP contribution in [0.1, 0.15) is 31.7 Å². The Morgan fingerprint density at radius 2 is 2.06 bits per heavy atom. The van der Waals surface area contributed by atoms with Gasteiger partial charge in [0.05, 0.1) is 13.0 Å². The fourth-order valence-electron chi connectivity index (χ4n) is 1.32. The van der Waals surface area contributed by atoms with Gasteiger partial charge in [-0.25, -0.2) is 0 Å². The van der Waals surface area contributed by atoms with Crippen molar-refractivity contribution in [2.45, 2.75) is 32.6 Å². The molecule has 2 rings (SSSR count). The van der Waals surface area contributed by atoms with Gasteiger partial charge in [0.2, 0.25) is 0 Å². The highest BCUT2D eigenvalue weighted by Crippen LogP contribution is 2.15. The molecule has 1 aliphatic carbocycles. The quantitative estimate of drug-likeness (QED) is 0.821. The number of phenolic OH excluding ortho intramolecular Hbond substituents is 1. The fourth-order valence-corrected chi connectivity index (χ4v) is 1.32. The maximum absolute atomic E-state index is 11.1. The number of phenols is 1. The zero-order chi connectivity index (χ0) is 12.7. The van der Waals surface area contributed by atoms with E-state index in [1.54, 1.807) is 25.1 Å². The van der Waals surface area contributed by atoms with Crippen molar-refractivity contribution in [3.05, 3.63) is 29.8 Å². The summed E-state index contributed by atoms with van der Waals surface area (Å²) in [4.78, 5) is 11.1. The topological polar surface area (TPSA) is 46.5 Å². The summed E-state index contributed by atoms with van der Waals surface area (Å²) in [5.74, 6) is -0.185. The molecular weight excluding hydrogens is 216 g/mol. The van der Waals surface area contributed by atoms with Gasteiger partial charge in [-0.15, -0.1) is 0 Å². The van der Waals surface area contributed by atoms with E-state index in [1.807, 2.05) is 6.07 Å². The minimum atomic E-state index is -0.228. The summed E-state index contributed by atoms with van der Waals surface area (Å²) in [5.41, 5.74) is 0.933. The minimum Gasteiger partial charge on any atom is -0.508 e. The van der Waals surface area contributed by atoms with E-state index in [1.165, 1.54) is 26.4 Å². The Labute approximate surface area is 102 Å². The van der Waals surface area contributed by atoms with E-state index >= 15 is 0 Å². The van der Waals surface area contributed by atoms with E-state index in [9.17, 15) is 9.90 Å². The lowest BCUT2D eigenvalue weighted by Crippen LogP contribution is -2.14. The molecule has 1 atom stereocenters. The number of hydrogen-bond acceptors (Lipinski definition) is 3. The van der Waals surface area contributed by atoms with E-state index in [0.29, 0.717) is 6.42 Å². The van der Waals surface area contributed by atoms with E-state index < -0.39 is 0 Å². The Kier molecular flexibility index (Phi) is 5.53. The van der Waals surface area contributed by atoms with Gasteiger partial charge in [-0.05, 0) is 24.1 Å². The molecule has 1 aromatic carbocycles. The van der Waals surface area contributed by atoms with E-state index in [4.69, 9.17) is 0 Å². The standard InChI is InChI=1S/C11H14O3.C3H6/c1-8(11(13)14-2)6-9-4-3-5-10(12)7-9;1-2-3-1/h3-5,7-8,12H,6H2,1-2H3;1-3H2. The molecule has 1 saturated carbocycles. The van der Waals surface area contributed by atoms with Crippen LogP contribution in [0.25, 0.3) is 0 Å². The summed E-state index contributed by atoms with van der Waals surface area (Å²) in [7, 11) is 1.38. The lowest BCUT2D eigenvalue weighted by molar-refractivity contribution is -0.144. The lowest BCUT2D eigenvalue weighted by Gasteiger charge is -2.08. The number of carbonyl (C=O) groups is 1. The van der Waals surface area contributed by atoms with Gasteiger partial charge in [0.15, 0.2) is 0 Å². The maximum atomic E-state index is 11.1. The fraction of sp³-hybridized carbons (Fsp3) is 0.500. The third-order valence-electron chi connectivity index (χ3n) is 2.41. The first-order valence-corrected chi connectivity index (χ1v) is 5.99. The van der Waals surface area contributed by atoms with Gasteiger partial charge in [0.1, 0.15) is 5.75 Å². The molecule has 1 aromatic rings. The maximum Gasteiger partial charge on any atom is 0.308 e. The van der Waals surface area contributed by atoms with E-state index in [-0.39, 0.29) is 17.6 Å². The zero-order valence-electron chi connectivity index (χ0n) is 10.5. The molecule has 94 valence electrons. The lowest BCUT2D eigenvalue weighted by atomic mass is 10.0. The highest BCUT2D eigenvalue weighted by molar-refractivity contribution is 5.72. The minimum absolute atomic E-state index is 0.179. The van der Waals surface area contributed by atoms with Crippen molar-refractivity contribution < 1.29 is 14.6 Å². The van der Waals surface area contributed by atoms with Crippen molar-refractivity contribution in [2.24, 2.45) is 5.92 Å². The Hall–Kier alpha value is -1.51. The van der Waals surface area contributed by atoms with Crippen LogP contribution in [0.3, 0.4) is 0 Å². The number of benzene rings is 1. The smallest absolute Gasteiger partial charge is 0.308 e. The first-order valence-electron chi connectivity index (χ1n) is 5.99. The molecule has 0 radical (unpaired) electrons. The predicted octanol–water partition coefficient (Wildman–Crippen LogP) is 2.91. The number of carbonyl (C=O) groups excluding carboxylic acids is 1. The average molecular weight is 236 g/mol. The normalized spacial score (nSPS) is 14.2. The highest BCUT2D eigenvalue weighted by atomic mass is 16.5. The van der Waals surface area contributed by atoms with Crippen LogP contribution in [-0.2, 0) is 16.0 Å².